The highest BCUT2D eigenvalue weighted by atomic mass is 32.1. The second kappa shape index (κ2) is 23.5. The van der Waals surface area contributed by atoms with Crippen molar-refractivity contribution in [2.45, 2.75) is 134 Å². The van der Waals surface area contributed by atoms with Gasteiger partial charge < -0.3 is 50.1 Å². The third-order valence-electron chi connectivity index (χ3n) is 17.3. The molecule has 2 amide bonds. The molecule has 1 aliphatic carbocycles. The predicted octanol–water partition coefficient (Wildman–Crippen LogP) is 8.07. The molecule has 5 aliphatic rings. The molecular formula is C60H75N11O6S. The number of aromatic hydroxyl groups is 1. The number of fused-ring (bicyclic) bond motifs is 1. The quantitative estimate of drug-likeness (QED) is 0.0719. The number of likely N-dealkylation sites (tertiary alicyclic amines) is 3. The molecule has 1 saturated carbocycles. The van der Waals surface area contributed by atoms with Crippen LogP contribution in [0.15, 0.2) is 77.0 Å². The van der Waals surface area contributed by atoms with Crippen molar-refractivity contribution < 1.29 is 29.1 Å². The summed E-state index contributed by atoms with van der Waals surface area (Å²) in [5.74, 6) is 8.83. The van der Waals surface area contributed by atoms with Gasteiger partial charge in [-0.25, -0.2) is 9.97 Å². The molecule has 4 aromatic heterocycles. The number of aryl methyl sites for hydroxylation is 1. The first-order valence-corrected chi connectivity index (χ1v) is 29.2. The van der Waals surface area contributed by atoms with Crippen LogP contribution in [0, 0.1) is 36.5 Å². The van der Waals surface area contributed by atoms with Crippen LogP contribution in [-0.4, -0.2) is 144 Å². The zero-order valence-electron chi connectivity index (χ0n) is 45.5. The molecule has 17 nitrogen and oxygen atoms in total. The number of nitrogens with zero attached hydrogens (tertiary/aromatic N) is 9. The number of phenolic OH excluding ortho intramolecular Hbond substituents is 1. The van der Waals surface area contributed by atoms with E-state index in [9.17, 15) is 19.8 Å². The molecule has 4 saturated heterocycles. The number of anilines is 2. The van der Waals surface area contributed by atoms with Crippen molar-refractivity contribution in [2.75, 3.05) is 63.0 Å². The Kier molecular flexibility index (Phi) is 16.2. The SMILES string of the molecule is Cc1ncsc1-c1ccc([C@H](C)NC(=O)[C@@H]2C[C@@H](O)CN2C(=O)[C@@H](c2cc(N3CCC(CN4CCC(OC5CC(N6CCC(CC#Cc7cn8cc(-c9ccccc9O)nc8nc7N)CC6)C5)CC4)CC3)no2)C(C)C)cc1. The van der Waals surface area contributed by atoms with Crippen LogP contribution in [0.5, 0.6) is 5.75 Å². The van der Waals surface area contributed by atoms with E-state index in [4.69, 9.17) is 15.0 Å². The number of amides is 2. The van der Waals surface area contributed by atoms with Gasteiger partial charge in [0, 0.05) is 82.2 Å². The number of nitrogens with one attached hydrogen (secondary N) is 1. The summed E-state index contributed by atoms with van der Waals surface area (Å²) in [7, 11) is 0. The van der Waals surface area contributed by atoms with Crippen LogP contribution in [0.3, 0.4) is 0 Å². The van der Waals surface area contributed by atoms with Gasteiger partial charge in [-0.05, 0) is 119 Å². The average Bonchev–Trinajstić information content (AvgIpc) is 4.30. The standard InChI is InChI=1S/C60H75N11O6S/c1-37(2)55(59(75)71-34-46(72)30-51(71)58(74)63-38(3)42-12-14-43(15-13-42)56-39(4)62-36-78-56)53-31-54(66-77-53)69-26-18-41(19-27-69)32-67-22-20-47(21-23-67)76-48-28-45(29-48)68-24-16-40(17-25-68)8-7-9-44-33-70-35-50(64-60(70)65-57(44)61)49-10-5-6-11-52(49)73/h5-6,10-15,31,33,35-38,40-41,45-48,51,55,72-73H,8,16-30,32,34H2,1-4H3,(H,63,74)(H2,61,64,65)/t38-,45?,46+,48?,51-,55+/m0/s1. The minimum Gasteiger partial charge on any atom is -0.507 e. The number of piperidine rings is 3. The largest absolute Gasteiger partial charge is 0.507 e. The number of aromatic nitrogens is 5. The maximum Gasteiger partial charge on any atom is 0.243 e. The molecule has 18 heteroatoms. The summed E-state index contributed by atoms with van der Waals surface area (Å²) in [6.45, 7) is 15.2. The number of thiazole rings is 1. The number of aliphatic hydroxyl groups is 1. The number of phenols is 1. The van der Waals surface area contributed by atoms with Gasteiger partial charge >= 0.3 is 0 Å². The number of imidazole rings is 1. The van der Waals surface area contributed by atoms with E-state index < -0.39 is 18.1 Å². The van der Waals surface area contributed by atoms with E-state index in [0.717, 1.165) is 131 Å². The lowest BCUT2D eigenvalue weighted by Gasteiger charge is -2.47. The summed E-state index contributed by atoms with van der Waals surface area (Å²) in [6.07, 6.45) is 13.5. The number of nitrogen functional groups attached to an aromatic ring is 1. The first kappa shape index (κ1) is 53.6. The third-order valence-corrected chi connectivity index (χ3v) is 18.3. The average molecular weight is 1080 g/mol. The Bertz CT molecular complexity index is 3100. The molecule has 0 bridgehead atoms. The Morgan fingerprint density at radius 2 is 1.65 bits per heavy atom. The molecule has 0 unspecified atom stereocenters. The maximum absolute atomic E-state index is 14.4. The van der Waals surface area contributed by atoms with Crippen molar-refractivity contribution in [3.05, 3.63) is 95.1 Å². The number of para-hydroxylation sites is 1. The lowest BCUT2D eigenvalue weighted by Crippen LogP contribution is -2.52. The molecule has 412 valence electrons. The number of nitrogens with two attached hydrogens (primary N) is 1. The Morgan fingerprint density at radius 3 is 2.37 bits per heavy atom. The van der Waals surface area contributed by atoms with Gasteiger partial charge in [-0.2, -0.15) is 4.98 Å². The number of ether oxygens (including phenoxy) is 1. The van der Waals surface area contributed by atoms with Crippen molar-refractivity contribution in [3.63, 3.8) is 0 Å². The summed E-state index contributed by atoms with van der Waals surface area (Å²) in [5, 5.41) is 28.7. The van der Waals surface area contributed by atoms with Gasteiger partial charge in [-0.3, -0.25) is 14.0 Å². The fourth-order valence-electron chi connectivity index (χ4n) is 12.5. The van der Waals surface area contributed by atoms with Crippen LogP contribution in [0.4, 0.5) is 11.6 Å². The normalized spacial score (nSPS) is 22.8. The van der Waals surface area contributed by atoms with Crippen molar-refractivity contribution in [1.82, 2.24) is 44.5 Å². The molecule has 4 atom stereocenters. The predicted molar refractivity (Wildman–Crippen MR) is 302 cm³/mol. The number of carbonyl (C=O) groups excluding carboxylic acids is 2. The highest BCUT2D eigenvalue weighted by molar-refractivity contribution is 7.13. The number of benzene rings is 2. The number of hydrogen-bond donors (Lipinski definition) is 4. The van der Waals surface area contributed by atoms with Crippen LogP contribution >= 0.6 is 11.3 Å². The molecule has 0 radical (unpaired) electrons. The van der Waals surface area contributed by atoms with Crippen molar-refractivity contribution >= 4 is 40.6 Å². The first-order valence-electron chi connectivity index (χ1n) is 28.3. The topological polar surface area (TPSA) is 204 Å². The first-order chi connectivity index (χ1) is 37.8. The van der Waals surface area contributed by atoms with Crippen LogP contribution in [-0.2, 0) is 14.3 Å². The summed E-state index contributed by atoms with van der Waals surface area (Å²) in [6, 6.07) is 16.7. The monoisotopic (exact) mass is 1080 g/mol. The fraction of sp³-hybridized carbons (Fsp3) is 0.533. The molecule has 8 heterocycles. The molecule has 78 heavy (non-hydrogen) atoms. The minimum absolute atomic E-state index is 0.0911. The van der Waals surface area contributed by atoms with Crippen LogP contribution < -0.4 is 16.0 Å². The lowest BCUT2D eigenvalue weighted by atomic mass is 9.84. The Hall–Kier alpha value is -6.36. The van der Waals surface area contributed by atoms with Gasteiger partial charge in [0.25, 0.3) is 0 Å². The van der Waals surface area contributed by atoms with E-state index in [1.165, 1.54) is 0 Å². The second-order valence-corrected chi connectivity index (χ2v) is 23.9. The van der Waals surface area contributed by atoms with E-state index in [0.29, 0.717) is 64.3 Å². The molecule has 5 fully saturated rings. The molecule has 6 aromatic rings. The molecule has 2 aromatic carbocycles. The molecular weight excluding hydrogens is 1000 g/mol. The fourth-order valence-corrected chi connectivity index (χ4v) is 13.3. The highest BCUT2D eigenvalue weighted by Crippen LogP contribution is 2.37. The number of carbonyl (C=O) groups is 2. The highest BCUT2D eigenvalue weighted by Gasteiger charge is 2.44. The molecule has 0 spiro atoms. The van der Waals surface area contributed by atoms with Crippen LogP contribution in [0.25, 0.3) is 27.5 Å². The zero-order chi connectivity index (χ0) is 54.0. The Balaban J connectivity index is 0.579. The van der Waals surface area contributed by atoms with Gasteiger partial charge in [-0.15, -0.1) is 11.3 Å². The van der Waals surface area contributed by atoms with E-state index in [1.807, 2.05) is 92.5 Å². The Labute approximate surface area is 461 Å². The molecule has 11 rings (SSSR count). The number of rotatable bonds is 15. The van der Waals surface area contributed by atoms with Crippen LogP contribution in [0.1, 0.15) is 120 Å². The molecule has 5 N–H and O–H groups in total. The molecule has 4 aliphatic heterocycles. The Morgan fingerprint density at radius 1 is 0.910 bits per heavy atom. The van der Waals surface area contributed by atoms with Gasteiger partial charge in [0.1, 0.15) is 23.5 Å². The van der Waals surface area contributed by atoms with Gasteiger partial charge in [0.15, 0.2) is 11.6 Å². The van der Waals surface area contributed by atoms with Crippen molar-refractivity contribution in [2.24, 2.45) is 17.8 Å². The number of hydrogen-bond acceptors (Lipinski definition) is 15. The van der Waals surface area contributed by atoms with Gasteiger partial charge in [-0.1, -0.05) is 67.2 Å². The van der Waals surface area contributed by atoms with E-state index in [2.05, 4.69) is 52.0 Å². The van der Waals surface area contributed by atoms with E-state index >= 15 is 0 Å². The second-order valence-electron chi connectivity index (χ2n) is 23.0. The number of aliphatic hydroxyl groups excluding tert-OH is 1. The summed E-state index contributed by atoms with van der Waals surface area (Å²) < 4.78 is 14.5. The summed E-state index contributed by atoms with van der Waals surface area (Å²) >= 11 is 1.60. The maximum atomic E-state index is 14.4. The van der Waals surface area contributed by atoms with Crippen molar-refractivity contribution in [1.29, 1.82) is 0 Å². The van der Waals surface area contributed by atoms with Crippen LogP contribution in [0.2, 0.25) is 0 Å². The summed E-state index contributed by atoms with van der Waals surface area (Å²) in [4.78, 5) is 51.9. The van der Waals surface area contributed by atoms with Crippen molar-refractivity contribution in [3.8, 4) is 39.3 Å². The van der Waals surface area contributed by atoms with Gasteiger partial charge in [0.05, 0.1) is 51.7 Å². The summed E-state index contributed by atoms with van der Waals surface area (Å²) in [5.41, 5.74) is 13.1. The van der Waals surface area contributed by atoms with E-state index in [-0.39, 0.29) is 42.5 Å². The smallest absolute Gasteiger partial charge is 0.243 e. The zero-order valence-corrected chi connectivity index (χ0v) is 46.3. The van der Waals surface area contributed by atoms with E-state index in [1.54, 1.807) is 28.4 Å². The third kappa shape index (κ3) is 12.0. The number of β-amino-alcohol motifs (C(OH)–C–C–N with tert-alkyl or cyclic N) is 1. The minimum atomic E-state index is -0.796. The lowest BCUT2D eigenvalue weighted by molar-refractivity contribution is -0.141. The van der Waals surface area contributed by atoms with Gasteiger partial charge in [0.2, 0.25) is 17.6 Å².